The molecule has 3 N–H and O–H groups in total. The lowest BCUT2D eigenvalue weighted by atomic mass is 10.0. The fourth-order valence-corrected chi connectivity index (χ4v) is 5.86. The number of hydrogen-bond donors (Lipinski definition) is 2. The lowest BCUT2D eigenvalue weighted by Gasteiger charge is -2.19. The number of allylic oxidation sites excluding steroid dienone is 8. The number of esters is 2. The van der Waals surface area contributed by atoms with Crippen LogP contribution in [0.5, 0.6) is 0 Å². The Kier molecular flexibility index (Phi) is 35.3. The molecule has 0 aliphatic rings. The van der Waals surface area contributed by atoms with Gasteiger partial charge in [-0.3, -0.25) is 18.6 Å². The lowest BCUT2D eigenvalue weighted by Crippen LogP contribution is -2.29. The van der Waals surface area contributed by atoms with Crippen LogP contribution in [-0.2, 0) is 32.7 Å². The third-order valence-electron chi connectivity index (χ3n) is 7.98. The summed E-state index contributed by atoms with van der Waals surface area (Å²) in [4.78, 5) is 34.7. The first-order valence-corrected chi connectivity index (χ1v) is 21.1. The summed E-state index contributed by atoms with van der Waals surface area (Å²) >= 11 is 0. The Hall–Kier alpha value is -2.03. The molecule has 0 aromatic heterocycles. The van der Waals surface area contributed by atoms with Gasteiger partial charge in [0.1, 0.15) is 6.61 Å². The Labute approximate surface area is 305 Å². The third kappa shape index (κ3) is 35.8. The molecule has 0 rings (SSSR count). The maximum absolute atomic E-state index is 12.5. The van der Waals surface area contributed by atoms with Crippen molar-refractivity contribution in [2.24, 2.45) is 5.73 Å². The van der Waals surface area contributed by atoms with Crippen LogP contribution in [0.25, 0.3) is 0 Å². The summed E-state index contributed by atoms with van der Waals surface area (Å²) in [5, 5.41) is 0. The SMILES string of the molecule is CC/C=C\C/C=C\C/C=C\C/C=C\CCCCCCC(=O)O[C@H](COC(=O)CCCCCCCCCCCCCC)COP(=O)(O)OCCN. The van der Waals surface area contributed by atoms with Crippen molar-refractivity contribution in [2.75, 3.05) is 26.4 Å². The molecule has 0 heterocycles. The van der Waals surface area contributed by atoms with Crippen LogP contribution in [0, 0.1) is 0 Å². The van der Waals surface area contributed by atoms with Crippen LogP contribution < -0.4 is 5.73 Å². The first-order valence-electron chi connectivity index (χ1n) is 19.6. The van der Waals surface area contributed by atoms with Gasteiger partial charge in [0, 0.05) is 19.4 Å². The minimum absolute atomic E-state index is 0.0481. The zero-order chi connectivity index (χ0) is 36.8. The topological polar surface area (TPSA) is 134 Å². The summed E-state index contributed by atoms with van der Waals surface area (Å²) in [6, 6.07) is 0. The minimum atomic E-state index is -4.38. The van der Waals surface area contributed by atoms with E-state index < -0.39 is 32.5 Å². The molecule has 0 aromatic carbocycles. The molecule has 0 spiro atoms. The standard InChI is InChI=1S/C40H72NO8P/c1-3-5-7-9-11-13-15-17-18-19-20-21-23-25-27-29-31-33-40(43)49-38(37-48-50(44,45)47-35-34-41)36-46-39(42)32-30-28-26-24-22-16-14-12-10-8-6-4-2/h5,7,11,13,17-18,20-21,38H,3-4,6,8-10,12,14-16,19,22-37,41H2,1-2H3,(H,44,45)/b7-5-,13-11-,18-17-,21-20-/t38-/m1/s1. The van der Waals surface area contributed by atoms with Crippen LogP contribution >= 0.6 is 7.82 Å². The number of unbranched alkanes of at least 4 members (excludes halogenated alkanes) is 15. The van der Waals surface area contributed by atoms with Gasteiger partial charge in [0.15, 0.2) is 6.10 Å². The molecule has 0 aliphatic heterocycles. The van der Waals surface area contributed by atoms with E-state index in [0.717, 1.165) is 70.6 Å². The van der Waals surface area contributed by atoms with Crippen LogP contribution in [-0.4, -0.2) is 49.3 Å². The van der Waals surface area contributed by atoms with E-state index in [-0.39, 0.29) is 32.6 Å². The molecule has 9 nitrogen and oxygen atoms in total. The molecule has 0 aromatic rings. The van der Waals surface area contributed by atoms with Gasteiger partial charge in [-0.05, 0) is 51.4 Å². The Morgan fingerprint density at radius 1 is 0.620 bits per heavy atom. The summed E-state index contributed by atoms with van der Waals surface area (Å²) in [5.41, 5.74) is 5.33. The number of phosphoric acid groups is 1. The van der Waals surface area contributed by atoms with Gasteiger partial charge in [0.25, 0.3) is 0 Å². The number of carbonyl (C=O) groups excluding carboxylic acids is 2. The Balaban J connectivity index is 4.26. The Morgan fingerprint density at radius 2 is 1.10 bits per heavy atom. The summed E-state index contributed by atoms with van der Waals surface area (Å²) in [5.74, 6) is -0.858. The van der Waals surface area contributed by atoms with E-state index in [1.54, 1.807) is 0 Å². The summed E-state index contributed by atoms with van der Waals surface area (Å²) in [6.45, 7) is 3.57. The zero-order valence-corrected chi connectivity index (χ0v) is 32.5. The highest BCUT2D eigenvalue weighted by atomic mass is 31.2. The number of hydrogen-bond acceptors (Lipinski definition) is 8. The second-order valence-electron chi connectivity index (χ2n) is 12.8. The third-order valence-corrected chi connectivity index (χ3v) is 8.96. The maximum atomic E-state index is 12.5. The summed E-state index contributed by atoms with van der Waals surface area (Å²) < 4.78 is 32.6. The van der Waals surface area contributed by atoms with E-state index in [2.05, 4.69) is 62.5 Å². The van der Waals surface area contributed by atoms with Crippen LogP contribution in [0.2, 0.25) is 0 Å². The van der Waals surface area contributed by atoms with Crippen molar-refractivity contribution < 1.29 is 37.6 Å². The van der Waals surface area contributed by atoms with Gasteiger partial charge in [-0.1, -0.05) is 146 Å². The van der Waals surface area contributed by atoms with E-state index in [0.29, 0.717) is 6.42 Å². The number of nitrogens with two attached hydrogens (primary N) is 1. The molecular formula is C40H72NO8P. The molecule has 0 bridgehead atoms. The molecule has 0 radical (unpaired) electrons. The van der Waals surface area contributed by atoms with Crippen molar-refractivity contribution >= 4 is 19.8 Å². The van der Waals surface area contributed by atoms with E-state index in [1.165, 1.54) is 57.8 Å². The monoisotopic (exact) mass is 725 g/mol. The van der Waals surface area contributed by atoms with Crippen LogP contribution in [0.4, 0.5) is 0 Å². The lowest BCUT2D eigenvalue weighted by molar-refractivity contribution is -0.161. The van der Waals surface area contributed by atoms with Crippen molar-refractivity contribution in [3.05, 3.63) is 48.6 Å². The van der Waals surface area contributed by atoms with Crippen molar-refractivity contribution in [2.45, 2.75) is 168 Å². The largest absolute Gasteiger partial charge is 0.472 e. The minimum Gasteiger partial charge on any atom is -0.462 e. The van der Waals surface area contributed by atoms with Crippen molar-refractivity contribution in [1.82, 2.24) is 0 Å². The predicted octanol–water partition coefficient (Wildman–Crippen LogP) is 10.8. The van der Waals surface area contributed by atoms with Crippen molar-refractivity contribution in [1.29, 1.82) is 0 Å². The molecular weight excluding hydrogens is 653 g/mol. The molecule has 10 heteroatoms. The molecule has 290 valence electrons. The van der Waals surface area contributed by atoms with Crippen LogP contribution in [0.15, 0.2) is 48.6 Å². The molecule has 0 saturated carbocycles. The van der Waals surface area contributed by atoms with Gasteiger partial charge in [-0.2, -0.15) is 0 Å². The number of ether oxygens (including phenoxy) is 2. The van der Waals surface area contributed by atoms with Gasteiger partial charge < -0.3 is 20.1 Å². The number of rotatable bonds is 36. The Morgan fingerprint density at radius 3 is 1.64 bits per heavy atom. The second kappa shape index (κ2) is 36.8. The number of phosphoric ester groups is 1. The highest BCUT2D eigenvalue weighted by Crippen LogP contribution is 2.43. The van der Waals surface area contributed by atoms with Crippen molar-refractivity contribution in [3.63, 3.8) is 0 Å². The predicted molar refractivity (Wildman–Crippen MR) is 206 cm³/mol. The summed E-state index contributed by atoms with van der Waals surface area (Å²) in [7, 11) is -4.38. The average molecular weight is 726 g/mol. The quantitative estimate of drug-likeness (QED) is 0.0280. The van der Waals surface area contributed by atoms with E-state index in [9.17, 15) is 19.0 Å². The van der Waals surface area contributed by atoms with Gasteiger partial charge in [-0.25, -0.2) is 4.57 Å². The average Bonchev–Trinajstić information content (AvgIpc) is 3.10. The van der Waals surface area contributed by atoms with Gasteiger partial charge >= 0.3 is 19.8 Å². The fraction of sp³-hybridized carbons (Fsp3) is 0.750. The Bertz CT molecular complexity index is 965. The molecule has 0 saturated heterocycles. The second-order valence-corrected chi connectivity index (χ2v) is 14.2. The van der Waals surface area contributed by atoms with Crippen LogP contribution in [0.3, 0.4) is 0 Å². The maximum Gasteiger partial charge on any atom is 0.472 e. The molecule has 0 aliphatic carbocycles. The molecule has 0 fully saturated rings. The smallest absolute Gasteiger partial charge is 0.462 e. The first-order chi connectivity index (χ1) is 24.3. The van der Waals surface area contributed by atoms with Crippen molar-refractivity contribution in [3.8, 4) is 0 Å². The van der Waals surface area contributed by atoms with Gasteiger partial charge in [-0.15, -0.1) is 0 Å². The zero-order valence-electron chi connectivity index (χ0n) is 31.6. The van der Waals surface area contributed by atoms with E-state index in [4.69, 9.17) is 24.3 Å². The van der Waals surface area contributed by atoms with E-state index >= 15 is 0 Å². The normalized spacial score (nSPS) is 13.9. The first kappa shape index (κ1) is 48.0. The molecule has 1 unspecified atom stereocenters. The highest BCUT2D eigenvalue weighted by Gasteiger charge is 2.25. The molecule has 2 atom stereocenters. The highest BCUT2D eigenvalue weighted by molar-refractivity contribution is 7.47. The molecule has 0 amide bonds. The van der Waals surface area contributed by atoms with Crippen LogP contribution in [0.1, 0.15) is 162 Å². The summed E-state index contributed by atoms with van der Waals surface area (Å²) in [6.07, 6.45) is 39.9. The van der Waals surface area contributed by atoms with Gasteiger partial charge in [0.05, 0.1) is 13.2 Å². The molecule has 50 heavy (non-hydrogen) atoms. The fourth-order valence-electron chi connectivity index (χ4n) is 5.09. The van der Waals surface area contributed by atoms with E-state index in [1.807, 2.05) is 0 Å². The van der Waals surface area contributed by atoms with Gasteiger partial charge in [0.2, 0.25) is 0 Å². The number of carbonyl (C=O) groups is 2.